The van der Waals surface area contributed by atoms with Crippen LogP contribution in [0.1, 0.15) is 31.1 Å². The zero-order chi connectivity index (χ0) is 15.4. The van der Waals surface area contributed by atoms with Crippen molar-refractivity contribution >= 4 is 17.3 Å². The van der Waals surface area contributed by atoms with Crippen molar-refractivity contribution in [1.29, 1.82) is 0 Å². The maximum absolute atomic E-state index is 11.9. The van der Waals surface area contributed by atoms with Crippen LogP contribution in [0, 0.1) is 0 Å². The summed E-state index contributed by atoms with van der Waals surface area (Å²) in [5.74, 6) is -0.350. The number of nitrogens with zero attached hydrogens (tertiary/aromatic N) is 2. The Balaban J connectivity index is 2.17. The standard InChI is InChI=1S/C16H25N3O2/c1-4-18-8-9-19(11-12(18)3)13-6-7-15(17)14(10-13)16(20)21-5-2/h6-7,10,12H,4-5,8-9,11,17H2,1-3H3. The van der Waals surface area contributed by atoms with E-state index < -0.39 is 0 Å². The molecule has 5 heteroatoms. The molecule has 0 saturated carbocycles. The third-order valence-electron chi connectivity index (χ3n) is 4.07. The van der Waals surface area contributed by atoms with Crippen molar-refractivity contribution in [1.82, 2.24) is 4.90 Å². The van der Waals surface area contributed by atoms with Crippen molar-refractivity contribution in [3.8, 4) is 0 Å². The quantitative estimate of drug-likeness (QED) is 0.679. The summed E-state index contributed by atoms with van der Waals surface area (Å²) < 4.78 is 5.06. The molecule has 1 aromatic carbocycles. The number of benzene rings is 1. The summed E-state index contributed by atoms with van der Waals surface area (Å²) in [4.78, 5) is 16.7. The minimum Gasteiger partial charge on any atom is -0.462 e. The van der Waals surface area contributed by atoms with Gasteiger partial charge in [0, 0.05) is 37.1 Å². The Morgan fingerprint density at radius 2 is 2.14 bits per heavy atom. The Morgan fingerprint density at radius 3 is 2.76 bits per heavy atom. The zero-order valence-electron chi connectivity index (χ0n) is 13.1. The van der Waals surface area contributed by atoms with Crippen LogP contribution in [0.15, 0.2) is 18.2 Å². The molecule has 1 atom stereocenters. The summed E-state index contributed by atoms with van der Waals surface area (Å²) in [5.41, 5.74) is 7.86. The monoisotopic (exact) mass is 291 g/mol. The number of piperazine rings is 1. The van der Waals surface area contributed by atoms with Gasteiger partial charge >= 0.3 is 5.97 Å². The van der Waals surface area contributed by atoms with Crippen LogP contribution >= 0.6 is 0 Å². The van der Waals surface area contributed by atoms with Crippen LogP contribution < -0.4 is 10.6 Å². The molecule has 0 radical (unpaired) electrons. The third-order valence-corrected chi connectivity index (χ3v) is 4.07. The SMILES string of the molecule is CCOC(=O)c1cc(N2CCN(CC)C(C)C2)ccc1N. The molecule has 21 heavy (non-hydrogen) atoms. The van der Waals surface area contributed by atoms with Gasteiger partial charge in [-0.25, -0.2) is 4.79 Å². The Labute approximate surface area is 126 Å². The fraction of sp³-hybridized carbons (Fsp3) is 0.562. The lowest BCUT2D eigenvalue weighted by Crippen LogP contribution is -2.51. The third kappa shape index (κ3) is 3.47. The molecular formula is C16H25N3O2. The molecule has 1 heterocycles. The van der Waals surface area contributed by atoms with Gasteiger partial charge in [-0.2, -0.15) is 0 Å². The number of esters is 1. The summed E-state index contributed by atoms with van der Waals surface area (Å²) in [5, 5.41) is 0. The molecule has 1 fully saturated rings. The molecule has 0 aromatic heterocycles. The second-order valence-corrected chi connectivity index (χ2v) is 5.42. The number of rotatable bonds is 4. The molecule has 1 aliphatic heterocycles. The van der Waals surface area contributed by atoms with Gasteiger partial charge in [0.2, 0.25) is 0 Å². The van der Waals surface area contributed by atoms with E-state index in [9.17, 15) is 4.79 Å². The van der Waals surface area contributed by atoms with Gasteiger partial charge in [-0.1, -0.05) is 6.92 Å². The van der Waals surface area contributed by atoms with Crippen molar-refractivity contribution in [3.63, 3.8) is 0 Å². The van der Waals surface area contributed by atoms with Crippen molar-refractivity contribution in [3.05, 3.63) is 23.8 Å². The van der Waals surface area contributed by atoms with E-state index in [1.165, 1.54) is 0 Å². The van der Waals surface area contributed by atoms with E-state index in [0.717, 1.165) is 31.9 Å². The first kappa shape index (κ1) is 15.6. The highest BCUT2D eigenvalue weighted by molar-refractivity contribution is 5.96. The first-order valence-electron chi connectivity index (χ1n) is 7.62. The smallest absolute Gasteiger partial charge is 0.340 e. The van der Waals surface area contributed by atoms with Crippen molar-refractivity contribution in [2.24, 2.45) is 0 Å². The fourth-order valence-electron chi connectivity index (χ4n) is 2.83. The van der Waals surface area contributed by atoms with Crippen molar-refractivity contribution in [2.75, 3.05) is 43.4 Å². The molecule has 0 amide bonds. The molecule has 5 nitrogen and oxygen atoms in total. The molecule has 2 rings (SSSR count). The second kappa shape index (κ2) is 6.80. The van der Waals surface area contributed by atoms with Crippen LogP contribution in [0.5, 0.6) is 0 Å². The number of anilines is 2. The van der Waals surface area contributed by atoms with E-state index in [1.807, 2.05) is 12.1 Å². The molecule has 1 saturated heterocycles. The highest BCUT2D eigenvalue weighted by atomic mass is 16.5. The number of nitrogens with two attached hydrogens (primary N) is 1. The van der Waals surface area contributed by atoms with E-state index in [-0.39, 0.29) is 5.97 Å². The summed E-state index contributed by atoms with van der Waals surface area (Å²) in [6, 6.07) is 6.12. The van der Waals surface area contributed by atoms with Gasteiger partial charge in [-0.15, -0.1) is 0 Å². The highest BCUT2D eigenvalue weighted by Gasteiger charge is 2.23. The van der Waals surface area contributed by atoms with E-state index in [4.69, 9.17) is 10.5 Å². The number of carbonyl (C=O) groups is 1. The van der Waals surface area contributed by atoms with Crippen LogP contribution in [-0.4, -0.2) is 49.7 Å². The van der Waals surface area contributed by atoms with Crippen molar-refractivity contribution in [2.45, 2.75) is 26.8 Å². The number of hydrogen-bond acceptors (Lipinski definition) is 5. The van der Waals surface area contributed by atoms with Crippen LogP contribution in [0.25, 0.3) is 0 Å². The number of carbonyl (C=O) groups excluding carboxylic acids is 1. The topological polar surface area (TPSA) is 58.8 Å². The van der Waals surface area contributed by atoms with E-state index in [2.05, 4.69) is 23.6 Å². The average molecular weight is 291 g/mol. The molecule has 0 aliphatic carbocycles. The van der Waals surface area contributed by atoms with Gasteiger partial charge in [0.15, 0.2) is 0 Å². The Morgan fingerprint density at radius 1 is 1.38 bits per heavy atom. The van der Waals surface area contributed by atoms with Crippen LogP contribution in [-0.2, 0) is 4.74 Å². The summed E-state index contributed by atoms with van der Waals surface area (Å²) in [7, 11) is 0. The molecule has 2 N–H and O–H groups in total. The van der Waals surface area contributed by atoms with Crippen LogP contribution in [0.3, 0.4) is 0 Å². The van der Waals surface area contributed by atoms with E-state index in [1.54, 1.807) is 13.0 Å². The first-order valence-corrected chi connectivity index (χ1v) is 7.62. The molecule has 0 bridgehead atoms. The largest absolute Gasteiger partial charge is 0.462 e. The number of nitrogen functional groups attached to an aromatic ring is 1. The molecular weight excluding hydrogens is 266 g/mol. The molecule has 1 aromatic rings. The molecule has 1 aliphatic rings. The predicted molar refractivity (Wildman–Crippen MR) is 85.7 cm³/mol. The molecule has 116 valence electrons. The fourth-order valence-corrected chi connectivity index (χ4v) is 2.83. The minimum absolute atomic E-state index is 0.350. The summed E-state index contributed by atoms with van der Waals surface area (Å²) in [6.07, 6.45) is 0. The first-order chi connectivity index (χ1) is 10.1. The van der Waals surface area contributed by atoms with Crippen LogP contribution in [0.4, 0.5) is 11.4 Å². The number of ether oxygens (including phenoxy) is 1. The maximum Gasteiger partial charge on any atom is 0.340 e. The van der Waals surface area contributed by atoms with E-state index >= 15 is 0 Å². The second-order valence-electron chi connectivity index (χ2n) is 5.42. The number of hydrogen-bond donors (Lipinski definition) is 1. The lowest BCUT2D eigenvalue weighted by Gasteiger charge is -2.40. The zero-order valence-corrected chi connectivity index (χ0v) is 13.1. The predicted octanol–water partition coefficient (Wildman–Crippen LogP) is 1.98. The van der Waals surface area contributed by atoms with Gasteiger partial charge in [0.05, 0.1) is 12.2 Å². The average Bonchev–Trinajstić information content (AvgIpc) is 2.48. The van der Waals surface area contributed by atoms with Gasteiger partial charge < -0.3 is 15.4 Å². The van der Waals surface area contributed by atoms with Crippen molar-refractivity contribution < 1.29 is 9.53 Å². The van der Waals surface area contributed by atoms with Gasteiger partial charge in [-0.05, 0) is 38.6 Å². The summed E-state index contributed by atoms with van der Waals surface area (Å²) in [6.45, 7) is 10.6. The summed E-state index contributed by atoms with van der Waals surface area (Å²) >= 11 is 0. The van der Waals surface area contributed by atoms with Crippen LogP contribution in [0.2, 0.25) is 0 Å². The maximum atomic E-state index is 11.9. The Hall–Kier alpha value is -1.75. The Kier molecular flexibility index (Phi) is 5.07. The van der Waals surface area contributed by atoms with Gasteiger partial charge in [0.1, 0.15) is 0 Å². The molecule has 0 spiro atoms. The van der Waals surface area contributed by atoms with Gasteiger partial charge in [-0.3, -0.25) is 4.90 Å². The molecule has 1 unspecified atom stereocenters. The Bertz CT molecular complexity index is 504. The normalized spacial score (nSPS) is 19.6. The van der Waals surface area contributed by atoms with E-state index in [0.29, 0.717) is 23.9 Å². The lowest BCUT2D eigenvalue weighted by atomic mass is 10.1. The highest BCUT2D eigenvalue weighted by Crippen LogP contribution is 2.24. The van der Waals surface area contributed by atoms with Gasteiger partial charge in [0.25, 0.3) is 0 Å². The minimum atomic E-state index is -0.350. The lowest BCUT2D eigenvalue weighted by molar-refractivity contribution is 0.0527. The number of likely N-dealkylation sites (N-methyl/N-ethyl adjacent to an activating group) is 1.